The molecule has 0 aromatic carbocycles. The second-order valence-electron chi connectivity index (χ2n) is 5.44. The largest absolute Gasteiger partial charge is 0.397 e. The number of nitrogens with zero attached hydrogens (tertiary/aromatic N) is 3. The van der Waals surface area contributed by atoms with E-state index < -0.39 is 0 Å². The monoisotopic (exact) mass is 262 g/mol. The Morgan fingerprint density at radius 3 is 2.74 bits per heavy atom. The number of pyridine rings is 1. The van der Waals surface area contributed by atoms with Crippen LogP contribution in [0.5, 0.6) is 0 Å². The Morgan fingerprint density at radius 2 is 2.16 bits per heavy atom. The van der Waals surface area contributed by atoms with Gasteiger partial charge in [0.1, 0.15) is 0 Å². The van der Waals surface area contributed by atoms with Crippen LogP contribution in [-0.4, -0.2) is 54.4 Å². The molecule has 0 saturated carbocycles. The molecule has 2 rings (SSSR count). The van der Waals surface area contributed by atoms with Crippen LogP contribution in [0.4, 0.5) is 5.69 Å². The Kier molecular flexibility index (Phi) is 4.37. The fraction of sp³-hybridized carbons (Fsp3) is 0.571. The number of carbonyl (C=O) groups excluding carboxylic acids is 1. The second kappa shape index (κ2) is 6.02. The molecule has 0 aliphatic carbocycles. The quantitative estimate of drug-likeness (QED) is 0.885. The molecule has 1 fully saturated rings. The highest BCUT2D eigenvalue weighted by Gasteiger charge is 2.25. The molecule has 1 aliphatic heterocycles. The van der Waals surface area contributed by atoms with Crippen molar-refractivity contribution in [3.05, 3.63) is 24.0 Å². The number of anilines is 1. The maximum Gasteiger partial charge on any atom is 0.274 e. The maximum atomic E-state index is 12.3. The van der Waals surface area contributed by atoms with E-state index in [0.29, 0.717) is 17.3 Å². The van der Waals surface area contributed by atoms with E-state index in [1.165, 1.54) is 0 Å². The molecule has 1 aliphatic rings. The molecule has 1 aromatic rings. The fourth-order valence-electron chi connectivity index (χ4n) is 2.58. The van der Waals surface area contributed by atoms with Gasteiger partial charge in [0, 0.05) is 25.8 Å². The number of likely N-dealkylation sites (tertiary alicyclic amines) is 1. The lowest BCUT2D eigenvalue weighted by Crippen LogP contribution is -2.41. The molecule has 1 amide bonds. The SMILES string of the molecule is CN(C)CC1CCN(C(=O)c2ncccc2N)CC1. The fourth-order valence-corrected chi connectivity index (χ4v) is 2.58. The third-order valence-electron chi connectivity index (χ3n) is 3.57. The molecule has 5 nitrogen and oxygen atoms in total. The van der Waals surface area contributed by atoms with Crippen LogP contribution in [0.3, 0.4) is 0 Å². The lowest BCUT2D eigenvalue weighted by molar-refractivity contribution is 0.0673. The minimum atomic E-state index is -0.0404. The minimum Gasteiger partial charge on any atom is -0.397 e. The predicted molar refractivity (Wildman–Crippen MR) is 75.8 cm³/mol. The van der Waals surface area contributed by atoms with Crippen LogP contribution < -0.4 is 5.73 Å². The lowest BCUT2D eigenvalue weighted by atomic mass is 9.96. The predicted octanol–water partition coefficient (Wildman–Crippen LogP) is 1.08. The molecule has 0 unspecified atom stereocenters. The van der Waals surface area contributed by atoms with Gasteiger partial charge < -0.3 is 15.5 Å². The molecule has 1 aromatic heterocycles. The van der Waals surface area contributed by atoms with Crippen molar-refractivity contribution in [1.29, 1.82) is 0 Å². The Labute approximate surface area is 114 Å². The number of nitrogens with two attached hydrogens (primary N) is 1. The van der Waals surface area contributed by atoms with Crippen molar-refractivity contribution in [2.24, 2.45) is 5.92 Å². The molecule has 0 spiro atoms. The molecule has 104 valence electrons. The highest BCUT2D eigenvalue weighted by Crippen LogP contribution is 2.20. The first-order chi connectivity index (χ1) is 9.08. The van der Waals surface area contributed by atoms with Gasteiger partial charge in [-0.1, -0.05) is 0 Å². The summed E-state index contributed by atoms with van der Waals surface area (Å²) in [6.45, 7) is 2.69. The normalized spacial score (nSPS) is 16.9. The van der Waals surface area contributed by atoms with E-state index in [2.05, 4.69) is 24.0 Å². The topological polar surface area (TPSA) is 62.5 Å². The number of aromatic nitrogens is 1. The van der Waals surface area contributed by atoms with E-state index in [9.17, 15) is 4.79 Å². The molecule has 19 heavy (non-hydrogen) atoms. The highest BCUT2D eigenvalue weighted by molar-refractivity contribution is 5.97. The number of carbonyl (C=O) groups is 1. The van der Waals surface area contributed by atoms with Crippen molar-refractivity contribution in [2.75, 3.05) is 39.5 Å². The molecular weight excluding hydrogens is 240 g/mol. The zero-order valence-electron chi connectivity index (χ0n) is 11.7. The van der Waals surface area contributed by atoms with Crippen molar-refractivity contribution < 1.29 is 4.79 Å². The summed E-state index contributed by atoms with van der Waals surface area (Å²) < 4.78 is 0. The Bertz CT molecular complexity index is 439. The number of amides is 1. The van der Waals surface area contributed by atoms with Crippen molar-refractivity contribution in [1.82, 2.24) is 14.8 Å². The van der Waals surface area contributed by atoms with Crippen LogP contribution in [-0.2, 0) is 0 Å². The first kappa shape index (κ1) is 13.8. The van der Waals surface area contributed by atoms with Crippen LogP contribution in [0.15, 0.2) is 18.3 Å². The summed E-state index contributed by atoms with van der Waals surface area (Å²) in [5.74, 6) is 0.640. The van der Waals surface area contributed by atoms with Gasteiger partial charge in [0.25, 0.3) is 5.91 Å². The number of piperidine rings is 1. The third-order valence-corrected chi connectivity index (χ3v) is 3.57. The summed E-state index contributed by atoms with van der Waals surface area (Å²) in [5.41, 5.74) is 6.65. The molecule has 0 bridgehead atoms. The van der Waals surface area contributed by atoms with E-state index >= 15 is 0 Å². The molecule has 2 heterocycles. The zero-order valence-corrected chi connectivity index (χ0v) is 11.7. The van der Waals surface area contributed by atoms with Crippen molar-refractivity contribution in [3.63, 3.8) is 0 Å². The van der Waals surface area contributed by atoms with E-state index in [1.54, 1.807) is 18.3 Å². The van der Waals surface area contributed by atoms with Gasteiger partial charge in [-0.25, -0.2) is 4.98 Å². The summed E-state index contributed by atoms with van der Waals surface area (Å²) in [6, 6.07) is 3.47. The molecule has 1 saturated heterocycles. The average Bonchev–Trinajstić information content (AvgIpc) is 2.39. The number of hydrogen-bond acceptors (Lipinski definition) is 4. The molecule has 0 radical (unpaired) electrons. The van der Waals surface area contributed by atoms with Crippen LogP contribution in [0.25, 0.3) is 0 Å². The highest BCUT2D eigenvalue weighted by atomic mass is 16.2. The summed E-state index contributed by atoms with van der Waals surface area (Å²) in [6.07, 6.45) is 3.72. The van der Waals surface area contributed by atoms with Gasteiger partial charge in [-0.05, 0) is 45.0 Å². The first-order valence-corrected chi connectivity index (χ1v) is 6.72. The minimum absolute atomic E-state index is 0.0404. The molecule has 2 N–H and O–H groups in total. The van der Waals surface area contributed by atoms with E-state index in [-0.39, 0.29) is 5.91 Å². The number of nitrogen functional groups attached to an aromatic ring is 1. The van der Waals surface area contributed by atoms with Crippen LogP contribution in [0.1, 0.15) is 23.3 Å². The lowest BCUT2D eigenvalue weighted by Gasteiger charge is -2.33. The van der Waals surface area contributed by atoms with Crippen molar-refractivity contribution >= 4 is 11.6 Å². The van der Waals surface area contributed by atoms with Gasteiger partial charge in [0.15, 0.2) is 5.69 Å². The van der Waals surface area contributed by atoms with Gasteiger partial charge >= 0.3 is 0 Å². The Morgan fingerprint density at radius 1 is 1.47 bits per heavy atom. The van der Waals surface area contributed by atoms with Crippen LogP contribution in [0, 0.1) is 5.92 Å². The van der Waals surface area contributed by atoms with E-state index in [1.807, 2.05) is 4.90 Å². The standard InChI is InChI=1S/C14H22N4O/c1-17(2)10-11-5-8-18(9-6-11)14(19)13-12(15)4-3-7-16-13/h3-4,7,11H,5-6,8-10,15H2,1-2H3. The Hall–Kier alpha value is -1.62. The van der Waals surface area contributed by atoms with Gasteiger partial charge in [-0.15, -0.1) is 0 Å². The van der Waals surface area contributed by atoms with Crippen LogP contribution in [0.2, 0.25) is 0 Å². The molecular formula is C14H22N4O. The number of rotatable bonds is 3. The summed E-state index contributed by atoms with van der Waals surface area (Å²) in [4.78, 5) is 20.5. The van der Waals surface area contributed by atoms with E-state index in [4.69, 9.17) is 5.73 Å². The first-order valence-electron chi connectivity index (χ1n) is 6.72. The smallest absolute Gasteiger partial charge is 0.274 e. The van der Waals surface area contributed by atoms with Gasteiger partial charge in [-0.3, -0.25) is 4.79 Å². The maximum absolute atomic E-state index is 12.3. The zero-order chi connectivity index (χ0) is 13.8. The summed E-state index contributed by atoms with van der Waals surface area (Å²) in [7, 11) is 4.18. The summed E-state index contributed by atoms with van der Waals surface area (Å²) >= 11 is 0. The Balaban J connectivity index is 1.95. The van der Waals surface area contributed by atoms with Gasteiger partial charge in [0.2, 0.25) is 0 Å². The second-order valence-corrected chi connectivity index (χ2v) is 5.44. The van der Waals surface area contributed by atoms with Crippen LogP contribution >= 0.6 is 0 Å². The summed E-state index contributed by atoms with van der Waals surface area (Å²) in [5, 5.41) is 0. The van der Waals surface area contributed by atoms with Crippen molar-refractivity contribution in [2.45, 2.75) is 12.8 Å². The van der Waals surface area contributed by atoms with E-state index in [0.717, 1.165) is 32.5 Å². The molecule has 5 heteroatoms. The third kappa shape index (κ3) is 3.44. The number of hydrogen-bond donors (Lipinski definition) is 1. The molecule has 0 atom stereocenters. The van der Waals surface area contributed by atoms with Crippen molar-refractivity contribution in [3.8, 4) is 0 Å². The average molecular weight is 262 g/mol. The van der Waals surface area contributed by atoms with Gasteiger partial charge in [-0.2, -0.15) is 0 Å². The van der Waals surface area contributed by atoms with Gasteiger partial charge in [0.05, 0.1) is 5.69 Å².